The fourth-order valence-corrected chi connectivity index (χ4v) is 2.30. The van der Waals surface area contributed by atoms with Crippen LogP contribution in [0.3, 0.4) is 0 Å². The largest absolute Gasteiger partial charge is 1.00 e. The molecule has 1 atom stereocenters. The maximum absolute atomic E-state index is 11.5. The van der Waals surface area contributed by atoms with Crippen molar-refractivity contribution in [3.63, 3.8) is 0 Å². The van der Waals surface area contributed by atoms with Crippen LogP contribution in [0.2, 0.25) is 0 Å². The Morgan fingerprint density at radius 2 is 1.35 bits per heavy atom. The van der Waals surface area contributed by atoms with Gasteiger partial charge in [0.05, 0.1) is 0 Å². The SMILES string of the molecule is CCCCCCCCCCCCCC(=O)OC(=O)C(C)NC.[H-].[K+]. The first-order valence-electron chi connectivity index (χ1n) is 9.03. The first-order valence-corrected chi connectivity index (χ1v) is 9.03. The number of rotatable bonds is 14. The van der Waals surface area contributed by atoms with E-state index in [1.54, 1.807) is 14.0 Å². The molecule has 0 fully saturated rings. The molecule has 4 nitrogen and oxygen atoms in total. The van der Waals surface area contributed by atoms with Gasteiger partial charge in [-0.3, -0.25) is 4.79 Å². The van der Waals surface area contributed by atoms with Gasteiger partial charge in [0, 0.05) is 6.42 Å². The van der Waals surface area contributed by atoms with Crippen LogP contribution in [0.4, 0.5) is 0 Å². The van der Waals surface area contributed by atoms with Crippen LogP contribution >= 0.6 is 0 Å². The molecule has 0 amide bonds. The van der Waals surface area contributed by atoms with Gasteiger partial charge < -0.3 is 11.5 Å². The smallest absolute Gasteiger partial charge is 1.00 e. The Morgan fingerprint density at radius 1 is 0.913 bits per heavy atom. The molecule has 0 radical (unpaired) electrons. The molecule has 1 N–H and O–H groups in total. The summed E-state index contributed by atoms with van der Waals surface area (Å²) in [6, 6.07) is -0.429. The molecule has 0 bridgehead atoms. The standard InChI is InChI=1S/C18H35NO3.K.H/c1-4-5-6-7-8-9-10-11-12-13-14-15-17(20)22-18(21)16(2)19-3;;/h16,19H,4-15H2,1-3H3;;/q;+1;-1. The van der Waals surface area contributed by atoms with Crippen molar-refractivity contribution in [1.29, 1.82) is 0 Å². The van der Waals surface area contributed by atoms with Gasteiger partial charge >= 0.3 is 63.3 Å². The van der Waals surface area contributed by atoms with Crippen LogP contribution in [0.1, 0.15) is 92.3 Å². The average Bonchev–Trinajstić information content (AvgIpc) is 2.51. The second-order valence-corrected chi connectivity index (χ2v) is 6.09. The fourth-order valence-electron chi connectivity index (χ4n) is 2.30. The van der Waals surface area contributed by atoms with Crippen LogP contribution in [0.5, 0.6) is 0 Å². The van der Waals surface area contributed by atoms with Crippen LogP contribution in [0.15, 0.2) is 0 Å². The van der Waals surface area contributed by atoms with E-state index in [0.717, 1.165) is 12.8 Å². The van der Waals surface area contributed by atoms with Crippen molar-refractivity contribution < 1.29 is 67.1 Å². The van der Waals surface area contributed by atoms with E-state index in [-0.39, 0.29) is 52.8 Å². The monoisotopic (exact) mass is 353 g/mol. The minimum Gasteiger partial charge on any atom is -1.00 e. The van der Waals surface area contributed by atoms with Crippen LogP contribution in [-0.2, 0) is 14.3 Å². The third-order valence-electron chi connectivity index (χ3n) is 3.99. The van der Waals surface area contributed by atoms with Gasteiger partial charge in [0.2, 0.25) is 0 Å². The molecule has 0 saturated carbocycles. The summed E-state index contributed by atoms with van der Waals surface area (Å²) in [7, 11) is 1.67. The zero-order valence-electron chi connectivity index (χ0n) is 16.8. The molecule has 0 aromatic heterocycles. The van der Waals surface area contributed by atoms with E-state index in [9.17, 15) is 9.59 Å². The van der Waals surface area contributed by atoms with Crippen LogP contribution in [0.25, 0.3) is 0 Å². The summed E-state index contributed by atoms with van der Waals surface area (Å²) in [5.74, 6) is -0.890. The molecule has 0 aliphatic heterocycles. The quantitative estimate of drug-likeness (QED) is 0.222. The van der Waals surface area contributed by atoms with Crippen molar-refractivity contribution in [2.24, 2.45) is 0 Å². The van der Waals surface area contributed by atoms with Crippen molar-refractivity contribution in [3.8, 4) is 0 Å². The fraction of sp³-hybridized carbons (Fsp3) is 0.889. The zero-order chi connectivity index (χ0) is 16.6. The molecule has 5 heteroatoms. The topological polar surface area (TPSA) is 55.4 Å². The van der Waals surface area contributed by atoms with Crippen molar-refractivity contribution >= 4 is 11.9 Å². The number of likely N-dealkylation sites (N-methyl/N-ethyl adjacent to an activating group) is 1. The number of ether oxygens (including phenoxy) is 1. The average molecular weight is 354 g/mol. The van der Waals surface area contributed by atoms with E-state index in [2.05, 4.69) is 12.2 Å². The van der Waals surface area contributed by atoms with E-state index in [0.29, 0.717) is 6.42 Å². The Labute approximate surface area is 186 Å². The number of hydrogen-bond donors (Lipinski definition) is 1. The molecule has 0 aliphatic rings. The maximum atomic E-state index is 11.5. The van der Waals surface area contributed by atoms with Gasteiger partial charge in [0.1, 0.15) is 6.04 Å². The van der Waals surface area contributed by atoms with Gasteiger partial charge in [0.15, 0.2) is 0 Å². The number of esters is 2. The second-order valence-electron chi connectivity index (χ2n) is 6.09. The normalized spacial score (nSPS) is 11.6. The molecule has 0 rings (SSSR count). The van der Waals surface area contributed by atoms with E-state index in [4.69, 9.17) is 4.74 Å². The van der Waals surface area contributed by atoms with Gasteiger partial charge in [-0.2, -0.15) is 0 Å². The minimum atomic E-state index is -0.490. The van der Waals surface area contributed by atoms with Gasteiger partial charge in [-0.05, 0) is 20.4 Å². The third-order valence-corrected chi connectivity index (χ3v) is 3.99. The summed E-state index contributed by atoms with van der Waals surface area (Å²) in [5, 5.41) is 2.76. The predicted molar refractivity (Wildman–Crippen MR) is 91.8 cm³/mol. The Morgan fingerprint density at radius 3 is 1.78 bits per heavy atom. The first kappa shape index (κ1) is 26.0. The van der Waals surface area contributed by atoms with Crippen LogP contribution in [0, 0.1) is 0 Å². The molecular weight excluding hydrogens is 317 g/mol. The number of carbonyl (C=O) groups is 2. The van der Waals surface area contributed by atoms with Gasteiger partial charge in [-0.25, -0.2) is 4.79 Å². The predicted octanol–water partition coefficient (Wildman–Crippen LogP) is 1.48. The van der Waals surface area contributed by atoms with E-state index >= 15 is 0 Å². The Bertz CT molecular complexity index is 304. The van der Waals surface area contributed by atoms with Crippen molar-refractivity contribution in [3.05, 3.63) is 0 Å². The van der Waals surface area contributed by atoms with Gasteiger partial charge in [-0.15, -0.1) is 0 Å². The molecule has 0 aromatic rings. The molecule has 0 aromatic carbocycles. The summed E-state index contributed by atoms with van der Waals surface area (Å²) in [4.78, 5) is 22.8. The molecule has 0 heterocycles. The van der Waals surface area contributed by atoms with Crippen molar-refractivity contribution in [1.82, 2.24) is 5.32 Å². The Hall–Kier alpha value is 0.736. The summed E-state index contributed by atoms with van der Waals surface area (Å²) in [6.07, 6.45) is 14.0. The van der Waals surface area contributed by atoms with Crippen LogP contribution < -0.4 is 56.7 Å². The Kier molecular flexibility index (Phi) is 21.5. The molecule has 0 spiro atoms. The molecule has 23 heavy (non-hydrogen) atoms. The van der Waals surface area contributed by atoms with E-state index < -0.39 is 18.0 Å². The molecule has 132 valence electrons. The maximum Gasteiger partial charge on any atom is 1.00 e. The van der Waals surface area contributed by atoms with Crippen LogP contribution in [-0.4, -0.2) is 25.0 Å². The molecule has 0 aliphatic carbocycles. The molecule has 1 unspecified atom stereocenters. The van der Waals surface area contributed by atoms with Crippen molar-refractivity contribution in [2.45, 2.75) is 96.9 Å². The van der Waals surface area contributed by atoms with Gasteiger partial charge in [-0.1, -0.05) is 71.1 Å². The van der Waals surface area contributed by atoms with E-state index in [1.807, 2.05) is 0 Å². The second kappa shape index (κ2) is 19.1. The van der Waals surface area contributed by atoms with Gasteiger partial charge in [0.25, 0.3) is 0 Å². The third kappa shape index (κ3) is 17.4. The summed E-state index contributed by atoms with van der Waals surface area (Å²) >= 11 is 0. The number of carbonyl (C=O) groups excluding carboxylic acids is 2. The van der Waals surface area contributed by atoms with E-state index in [1.165, 1.54) is 57.8 Å². The van der Waals surface area contributed by atoms with Crippen molar-refractivity contribution in [2.75, 3.05) is 7.05 Å². The number of unbranched alkanes of at least 4 members (excludes halogenated alkanes) is 10. The molecular formula is C18H36KNO3. The molecule has 0 saturated heterocycles. The number of hydrogen-bond acceptors (Lipinski definition) is 4. The summed E-state index contributed by atoms with van der Waals surface area (Å²) in [5.41, 5.74) is 0. The zero-order valence-corrected chi connectivity index (χ0v) is 18.9. The first-order chi connectivity index (χ1) is 10.6. The Balaban J connectivity index is -0.00000220. The minimum absolute atomic E-state index is 0. The number of nitrogens with one attached hydrogen (secondary N) is 1. The summed E-state index contributed by atoms with van der Waals surface area (Å²) < 4.78 is 4.75. The summed E-state index contributed by atoms with van der Waals surface area (Å²) in [6.45, 7) is 3.92.